The summed E-state index contributed by atoms with van der Waals surface area (Å²) in [5.41, 5.74) is 2.04. The zero-order valence-electron chi connectivity index (χ0n) is 19.8. The number of amides is 1. The van der Waals surface area contributed by atoms with E-state index in [4.69, 9.17) is 4.74 Å². The van der Waals surface area contributed by atoms with Crippen LogP contribution in [0.1, 0.15) is 52.6 Å². The number of phenolic OH excluding ortho intramolecular Hbond substituents is 1. The van der Waals surface area contributed by atoms with Gasteiger partial charge in [0.15, 0.2) is 0 Å². The van der Waals surface area contributed by atoms with Gasteiger partial charge in [-0.25, -0.2) is 4.79 Å². The van der Waals surface area contributed by atoms with Gasteiger partial charge in [0.2, 0.25) is 0 Å². The summed E-state index contributed by atoms with van der Waals surface area (Å²) in [7, 11) is 0. The minimum Gasteiger partial charge on any atom is -0.508 e. The van der Waals surface area contributed by atoms with Crippen molar-refractivity contribution in [1.82, 2.24) is 5.32 Å². The first-order chi connectivity index (χ1) is 16.5. The van der Waals surface area contributed by atoms with Crippen LogP contribution in [-0.4, -0.2) is 39.1 Å². The number of fused-ring (bicyclic) bond motifs is 2. The summed E-state index contributed by atoms with van der Waals surface area (Å²) in [4.78, 5) is 25.1. The number of thioether (sulfide) groups is 1. The molecular formula is C28H27NO5S. The normalized spacial score (nSPS) is 12.4. The molecule has 0 spiro atoms. The third-order valence-corrected chi connectivity index (χ3v) is 6.75. The van der Waals surface area contributed by atoms with Crippen LogP contribution < -0.4 is 20.5 Å². The number of carbonyl (C=O) groups excluding carboxylic acids is 1. The molecule has 0 saturated heterocycles. The third kappa shape index (κ3) is 5.35. The maximum atomic E-state index is 12.9. The Morgan fingerprint density at radius 3 is 2.49 bits per heavy atom. The van der Waals surface area contributed by atoms with Gasteiger partial charge in [0, 0.05) is 45.0 Å². The van der Waals surface area contributed by atoms with Crippen molar-refractivity contribution in [3.63, 3.8) is 0 Å². The van der Waals surface area contributed by atoms with E-state index in [2.05, 4.69) is 32.7 Å². The van der Waals surface area contributed by atoms with E-state index in [0.717, 1.165) is 11.0 Å². The largest absolute Gasteiger partial charge is 0.508 e. The minimum absolute atomic E-state index is 0.0250. The summed E-state index contributed by atoms with van der Waals surface area (Å²) in [5, 5.41) is 24.3. The van der Waals surface area contributed by atoms with E-state index in [-0.39, 0.29) is 22.0 Å². The van der Waals surface area contributed by atoms with E-state index in [9.17, 15) is 19.8 Å². The lowest BCUT2D eigenvalue weighted by Gasteiger charge is -2.22. The van der Waals surface area contributed by atoms with Crippen molar-refractivity contribution in [2.24, 2.45) is 0 Å². The topological polar surface area (TPSA) is 95.9 Å². The third-order valence-electron chi connectivity index (χ3n) is 5.47. The SMILES string of the molecule is C=c1ccc2c(c1)Oc1cc(O)ccc1C=2c1cc(C(=O)NCCSC(C)(C)C)ccc1C(=O)O. The Morgan fingerprint density at radius 2 is 1.77 bits per heavy atom. The molecule has 6 nitrogen and oxygen atoms in total. The van der Waals surface area contributed by atoms with Gasteiger partial charge in [0.05, 0.1) is 5.56 Å². The van der Waals surface area contributed by atoms with Crippen molar-refractivity contribution in [2.75, 3.05) is 12.3 Å². The number of aromatic hydroxyl groups is 1. The van der Waals surface area contributed by atoms with Crippen molar-refractivity contribution in [2.45, 2.75) is 25.5 Å². The average Bonchev–Trinajstić information content (AvgIpc) is 2.78. The van der Waals surface area contributed by atoms with Crippen LogP contribution in [0, 0.1) is 0 Å². The predicted molar refractivity (Wildman–Crippen MR) is 139 cm³/mol. The number of carboxylic acids is 1. The second-order valence-electron chi connectivity index (χ2n) is 9.27. The molecule has 1 amide bonds. The second-order valence-corrected chi connectivity index (χ2v) is 11.2. The number of phenols is 1. The van der Waals surface area contributed by atoms with Crippen LogP contribution in [-0.2, 0) is 0 Å². The van der Waals surface area contributed by atoms with Gasteiger partial charge in [-0.2, -0.15) is 11.8 Å². The van der Waals surface area contributed by atoms with E-state index in [1.165, 1.54) is 24.3 Å². The Balaban J connectivity index is 1.83. The van der Waals surface area contributed by atoms with Crippen molar-refractivity contribution in [3.8, 4) is 17.2 Å². The number of carboxylic acid groups (broad SMARTS) is 1. The molecule has 0 aromatic heterocycles. The fourth-order valence-corrected chi connectivity index (χ4v) is 4.73. The number of nitrogens with one attached hydrogen (secondary N) is 1. The van der Waals surface area contributed by atoms with Gasteiger partial charge in [0.25, 0.3) is 5.91 Å². The Bertz CT molecular complexity index is 1440. The number of hydrogen-bond donors (Lipinski definition) is 3. The molecule has 3 aromatic carbocycles. The summed E-state index contributed by atoms with van der Waals surface area (Å²) < 4.78 is 6.11. The highest BCUT2D eigenvalue weighted by Crippen LogP contribution is 2.39. The van der Waals surface area contributed by atoms with Crippen LogP contribution in [0.4, 0.5) is 0 Å². The van der Waals surface area contributed by atoms with Crippen molar-refractivity contribution in [1.29, 1.82) is 0 Å². The van der Waals surface area contributed by atoms with Crippen molar-refractivity contribution < 1.29 is 24.5 Å². The number of hydrogen-bond acceptors (Lipinski definition) is 5. The van der Waals surface area contributed by atoms with E-state index >= 15 is 0 Å². The number of carbonyl (C=O) groups is 2. The minimum atomic E-state index is -1.11. The number of aromatic carboxylic acids is 1. The fraction of sp³-hybridized carbons (Fsp3) is 0.214. The molecule has 0 saturated carbocycles. The molecule has 7 heteroatoms. The van der Waals surface area contributed by atoms with Gasteiger partial charge in [-0.3, -0.25) is 4.79 Å². The molecule has 1 aliphatic heterocycles. The second kappa shape index (κ2) is 9.50. The molecule has 0 unspecified atom stereocenters. The van der Waals surface area contributed by atoms with Gasteiger partial charge in [-0.05, 0) is 47.2 Å². The lowest BCUT2D eigenvalue weighted by atomic mass is 9.88. The molecule has 3 N–H and O–H groups in total. The van der Waals surface area contributed by atoms with E-state index in [1.807, 2.05) is 12.1 Å². The lowest BCUT2D eigenvalue weighted by Crippen LogP contribution is -2.27. The number of ether oxygens (including phenoxy) is 1. The summed E-state index contributed by atoms with van der Waals surface area (Å²) in [5.74, 6) is 0.297. The van der Waals surface area contributed by atoms with Crippen LogP contribution in [0.25, 0.3) is 12.2 Å². The molecule has 1 heterocycles. The standard InChI is InChI=1S/C28H27NO5S/c1-16-5-8-20-23(13-16)34-24-15-18(30)7-10-21(24)25(20)22-14-17(6-9-19(22)27(32)33)26(31)29-11-12-35-28(2,3)4/h5-10,13-15,30H,1,11-12H2,2-4H3,(H,29,31)(H,32,33). The van der Waals surface area contributed by atoms with Gasteiger partial charge in [-0.15, -0.1) is 0 Å². The Hall–Kier alpha value is -3.71. The van der Waals surface area contributed by atoms with E-state index in [1.54, 1.807) is 30.0 Å². The van der Waals surface area contributed by atoms with Crippen molar-refractivity contribution >= 4 is 35.8 Å². The summed E-state index contributed by atoms with van der Waals surface area (Å²) >= 11 is 1.75. The average molecular weight is 490 g/mol. The van der Waals surface area contributed by atoms with Crippen molar-refractivity contribution in [3.05, 3.63) is 87.3 Å². The maximum Gasteiger partial charge on any atom is 0.336 e. The van der Waals surface area contributed by atoms with Crippen LogP contribution >= 0.6 is 11.8 Å². The first-order valence-corrected chi connectivity index (χ1v) is 12.2. The molecule has 0 aliphatic carbocycles. The monoisotopic (exact) mass is 489 g/mol. The first kappa shape index (κ1) is 24.4. The van der Waals surface area contributed by atoms with Crippen LogP contribution in [0.2, 0.25) is 0 Å². The van der Waals surface area contributed by atoms with Gasteiger partial charge < -0.3 is 20.3 Å². The van der Waals surface area contributed by atoms with Gasteiger partial charge in [-0.1, -0.05) is 39.5 Å². The molecule has 35 heavy (non-hydrogen) atoms. The van der Waals surface area contributed by atoms with Crippen LogP contribution in [0.3, 0.4) is 0 Å². The molecule has 0 fully saturated rings. The Morgan fingerprint density at radius 1 is 1.00 bits per heavy atom. The molecule has 1 aliphatic rings. The Kier molecular flexibility index (Phi) is 6.63. The molecular weight excluding hydrogens is 462 g/mol. The molecule has 4 rings (SSSR count). The van der Waals surface area contributed by atoms with Crippen LogP contribution in [0.15, 0.2) is 54.6 Å². The zero-order chi connectivity index (χ0) is 25.3. The lowest BCUT2D eigenvalue weighted by molar-refractivity contribution is 0.0696. The molecule has 0 atom stereocenters. The van der Waals surface area contributed by atoms with Gasteiger partial charge >= 0.3 is 5.97 Å². The van der Waals surface area contributed by atoms with Crippen LogP contribution in [0.5, 0.6) is 17.2 Å². The highest BCUT2D eigenvalue weighted by Gasteiger charge is 2.25. The first-order valence-electron chi connectivity index (χ1n) is 11.2. The molecule has 3 aromatic rings. The highest BCUT2D eigenvalue weighted by atomic mass is 32.2. The van der Waals surface area contributed by atoms with E-state index < -0.39 is 5.97 Å². The summed E-state index contributed by atoms with van der Waals surface area (Å²) in [6, 6.07) is 14.7. The Labute approximate surface area is 208 Å². The number of benzene rings is 3. The summed E-state index contributed by atoms with van der Waals surface area (Å²) in [6.07, 6.45) is 0. The maximum absolute atomic E-state index is 12.9. The highest BCUT2D eigenvalue weighted by molar-refractivity contribution is 8.00. The molecule has 0 radical (unpaired) electrons. The number of rotatable bonds is 6. The van der Waals surface area contributed by atoms with Gasteiger partial charge in [0.1, 0.15) is 17.2 Å². The molecule has 0 bridgehead atoms. The quantitative estimate of drug-likeness (QED) is 0.353. The summed E-state index contributed by atoms with van der Waals surface area (Å²) in [6.45, 7) is 10.8. The smallest absolute Gasteiger partial charge is 0.336 e. The molecule has 180 valence electrons. The predicted octanol–water partition coefficient (Wildman–Crippen LogP) is 4.12. The van der Waals surface area contributed by atoms with E-state index in [0.29, 0.717) is 45.5 Å². The fourth-order valence-electron chi connectivity index (χ4n) is 3.92. The zero-order valence-corrected chi connectivity index (χ0v) is 20.7.